The number of carbonyl (C=O) groups is 1. The van der Waals surface area contributed by atoms with E-state index < -0.39 is 5.82 Å². The third-order valence-electron chi connectivity index (χ3n) is 3.98. The standard InChI is InChI=1S/C20H20FN3O2/c1-2-11-24(20(25)22-17-10-6-9-16(21)12-17)14-18-13-19(23-26-18)15-7-4-3-5-8-15/h2-10,12,18H,1,11,13-14H2,(H,22,25). The second kappa shape index (κ2) is 8.29. The van der Waals surface area contributed by atoms with Gasteiger partial charge in [0.25, 0.3) is 0 Å². The maximum absolute atomic E-state index is 13.3. The fourth-order valence-corrected chi connectivity index (χ4v) is 2.74. The van der Waals surface area contributed by atoms with Gasteiger partial charge in [0.1, 0.15) is 5.82 Å². The van der Waals surface area contributed by atoms with Crippen LogP contribution < -0.4 is 5.32 Å². The molecule has 1 aliphatic rings. The lowest BCUT2D eigenvalue weighted by molar-refractivity contribution is 0.0645. The number of carbonyl (C=O) groups excluding carboxylic acids is 1. The molecule has 0 aromatic heterocycles. The highest BCUT2D eigenvalue weighted by molar-refractivity contribution is 6.01. The van der Waals surface area contributed by atoms with E-state index >= 15 is 0 Å². The summed E-state index contributed by atoms with van der Waals surface area (Å²) in [6.07, 6.45) is 2.02. The molecule has 1 unspecified atom stereocenters. The molecule has 0 spiro atoms. The van der Waals surface area contributed by atoms with Gasteiger partial charge in [-0.2, -0.15) is 0 Å². The average Bonchev–Trinajstić information content (AvgIpc) is 3.11. The number of benzene rings is 2. The molecule has 6 heteroatoms. The van der Waals surface area contributed by atoms with Crippen molar-refractivity contribution in [2.45, 2.75) is 12.5 Å². The Kier molecular flexibility index (Phi) is 5.63. The van der Waals surface area contributed by atoms with Gasteiger partial charge in [-0.15, -0.1) is 6.58 Å². The summed E-state index contributed by atoms with van der Waals surface area (Å²) in [5.74, 6) is -0.405. The minimum atomic E-state index is -0.405. The summed E-state index contributed by atoms with van der Waals surface area (Å²) in [5, 5.41) is 6.83. The van der Waals surface area contributed by atoms with Gasteiger partial charge in [-0.05, 0) is 23.8 Å². The van der Waals surface area contributed by atoms with Crippen molar-refractivity contribution < 1.29 is 14.0 Å². The monoisotopic (exact) mass is 353 g/mol. The number of rotatable bonds is 6. The SMILES string of the molecule is C=CCN(CC1CC(c2ccccc2)=NO1)C(=O)Nc1cccc(F)c1. The van der Waals surface area contributed by atoms with Crippen LogP contribution in [0.15, 0.2) is 72.4 Å². The Hall–Kier alpha value is -3.15. The molecule has 1 aliphatic heterocycles. The molecule has 3 rings (SSSR count). The summed E-state index contributed by atoms with van der Waals surface area (Å²) < 4.78 is 13.3. The zero-order valence-corrected chi connectivity index (χ0v) is 14.3. The molecule has 0 aliphatic carbocycles. The van der Waals surface area contributed by atoms with Crippen molar-refractivity contribution in [2.24, 2.45) is 5.16 Å². The quantitative estimate of drug-likeness (QED) is 0.797. The van der Waals surface area contributed by atoms with E-state index in [4.69, 9.17) is 4.84 Å². The first-order valence-electron chi connectivity index (χ1n) is 8.36. The van der Waals surface area contributed by atoms with Gasteiger partial charge in [-0.25, -0.2) is 9.18 Å². The van der Waals surface area contributed by atoms with Crippen LogP contribution in [0.4, 0.5) is 14.9 Å². The molecule has 134 valence electrons. The summed E-state index contributed by atoms with van der Waals surface area (Å²) >= 11 is 0. The lowest BCUT2D eigenvalue weighted by Gasteiger charge is -2.23. The molecule has 0 fully saturated rings. The summed E-state index contributed by atoms with van der Waals surface area (Å²) in [6.45, 7) is 4.39. The Balaban J connectivity index is 1.60. The highest BCUT2D eigenvalue weighted by Crippen LogP contribution is 2.18. The highest BCUT2D eigenvalue weighted by atomic mass is 19.1. The Bertz CT molecular complexity index is 808. The van der Waals surface area contributed by atoms with Gasteiger partial charge in [-0.1, -0.05) is 47.6 Å². The van der Waals surface area contributed by atoms with Gasteiger partial charge in [0.15, 0.2) is 6.10 Å². The zero-order valence-electron chi connectivity index (χ0n) is 14.3. The van der Waals surface area contributed by atoms with Gasteiger partial charge >= 0.3 is 6.03 Å². The minimum Gasteiger partial charge on any atom is -0.390 e. The number of oxime groups is 1. The average molecular weight is 353 g/mol. The molecule has 1 N–H and O–H groups in total. The molecular weight excluding hydrogens is 333 g/mol. The third-order valence-corrected chi connectivity index (χ3v) is 3.98. The zero-order chi connectivity index (χ0) is 18.4. The van der Waals surface area contributed by atoms with E-state index in [1.165, 1.54) is 12.1 Å². The first-order valence-corrected chi connectivity index (χ1v) is 8.36. The number of amides is 2. The predicted octanol–water partition coefficient (Wildman–Crippen LogP) is 4.04. The number of nitrogens with zero attached hydrogens (tertiary/aromatic N) is 2. The Morgan fingerprint density at radius 2 is 2.12 bits per heavy atom. The molecule has 2 amide bonds. The second-order valence-electron chi connectivity index (χ2n) is 5.97. The summed E-state index contributed by atoms with van der Waals surface area (Å²) in [5.41, 5.74) is 2.27. The molecule has 0 saturated carbocycles. The number of anilines is 1. The maximum atomic E-state index is 13.3. The van der Waals surface area contributed by atoms with Crippen LogP contribution in [-0.4, -0.2) is 35.8 Å². The molecule has 0 radical (unpaired) electrons. The van der Waals surface area contributed by atoms with Crippen LogP contribution in [0.2, 0.25) is 0 Å². The van der Waals surface area contributed by atoms with Gasteiger partial charge in [0.05, 0.1) is 12.3 Å². The van der Waals surface area contributed by atoms with Crippen molar-refractivity contribution in [3.63, 3.8) is 0 Å². The van der Waals surface area contributed by atoms with Crippen molar-refractivity contribution in [1.29, 1.82) is 0 Å². The Morgan fingerprint density at radius 1 is 1.31 bits per heavy atom. The first kappa shape index (κ1) is 17.7. The number of urea groups is 1. The van der Waals surface area contributed by atoms with Gasteiger partial charge in [-0.3, -0.25) is 0 Å². The van der Waals surface area contributed by atoms with Crippen molar-refractivity contribution >= 4 is 17.4 Å². The highest BCUT2D eigenvalue weighted by Gasteiger charge is 2.26. The van der Waals surface area contributed by atoms with Gasteiger partial charge in [0.2, 0.25) is 0 Å². The van der Waals surface area contributed by atoms with E-state index in [9.17, 15) is 9.18 Å². The number of halogens is 1. The van der Waals surface area contributed by atoms with Crippen LogP contribution in [0.3, 0.4) is 0 Å². The summed E-state index contributed by atoms with van der Waals surface area (Å²) in [6, 6.07) is 15.2. The molecule has 1 atom stereocenters. The number of hydrogen-bond donors (Lipinski definition) is 1. The fraction of sp³-hybridized carbons (Fsp3) is 0.200. The smallest absolute Gasteiger partial charge is 0.322 e. The largest absolute Gasteiger partial charge is 0.390 e. The van der Waals surface area contributed by atoms with Crippen molar-refractivity contribution in [1.82, 2.24) is 4.90 Å². The normalized spacial score (nSPS) is 15.7. The fourth-order valence-electron chi connectivity index (χ4n) is 2.74. The van der Waals surface area contributed by atoms with Gasteiger partial charge < -0.3 is 15.1 Å². The van der Waals surface area contributed by atoms with E-state index in [0.29, 0.717) is 25.2 Å². The summed E-state index contributed by atoms with van der Waals surface area (Å²) in [4.78, 5) is 19.6. The summed E-state index contributed by atoms with van der Waals surface area (Å²) in [7, 11) is 0. The topological polar surface area (TPSA) is 53.9 Å². The van der Waals surface area contributed by atoms with E-state index in [1.807, 2.05) is 30.3 Å². The van der Waals surface area contributed by atoms with Crippen LogP contribution in [0.5, 0.6) is 0 Å². The van der Waals surface area contributed by atoms with Crippen molar-refractivity contribution in [3.05, 3.63) is 78.6 Å². The van der Waals surface area contributed by atoms with Gasteiger partial charge in [0, 0.05) is 18.7 Å². The third kappa shape index (κ3) is 4.47. The Morgan fingerprint density at radius 3 is 2.85 bits per heavy atom. The predicted molar refractivity (Wildman–Crippen MR) is 99.7 cm³/mol. The molecule has 0 saturated heterocycles. The maximum Gasteiger partial charge on any atom is 0.322 e. The van der Waals surface area contributed by atoms with Crippen LogP contribution in [0, 0.1) is 5.82 Å². The van der Waals surface area contributed by atoms with Crippen LogP contribution >= 0.6 is 0 Å². The van der Waals surface area contributed by atoms with Crippen LogP contribution in [-0.2, 0) is 4.84 Å². The van der Waals surface area contributed by atoms with Crippen molar-refractivity contribution in [2.75, 3.05) is 18.4 Å². The molecule has 26 heavy (non-hydrogen) atoms. The first-order chi connectivity index (χ1) is 12.7. The van der Waals surface area contributed by atoms with Crippen molar-refractivity contribution in [3.8, 4) is 0 Å². The minimum absolute atomic E-state index is 0.233. The Labute approximate surface area is 151 Å². The molecule has 0 bridgehead atoms. The molecular formula is C20H20FN3O2. The molecule has 2 aromatic carbocycles. The van der Waals surface area contributed by atoms with Crippen LogP contribution in [0.25, 0.3) is 0 Å². The van der Waals surface area contributed by atoms with E-state index in [0.717, 1.165) is 11.3 Å². The lowest BCUT2D eigenvalue weighted by Crippen LogP contribution is -2.40. The number of nitrogens with one attached hydrogen (secondary N) is 1. The molecule has 1 heterocycles. The lowest BCUT2D eigenvalue weighted by atomic mass is 10.1. The number of hydrogen-bond acceptors (Lipinski definition) is 3. The van der Waals surface area contributed by atoms with Crippen LogP contribution in [0.1, 0.15) is 12.0 Å². The van der Waals surface area contributed by atoms with E-state index in [-0.39, 0.29) is 12.1 Å². The molecule has 5 nitrogen and oxygen atoms in total. The molecule has 2 aromatic rings. The second-order valence-corrected chi connectivity index (χ2v) is 5.97. The van der Waals surface area contributed by atoms with E-state index in [2.05, 4.69) is 17.1 Å². The van der Waals surface area contributed by atoms with E-state index in [1.54, 1.807) is 23.1 Å².